The number of fused-ring (bicyclic) bond motifs is 3. The van der Waals surface area contributed by atoms with Crippen molar-refractivity contribution in [2.75, 3.05) is 50.8 Å². The molecule has 0 spiro atoms. The third-order valence-corrected chi connectivity index (χ3v) is 10.4. The molecule has 14 heteroatoms. The highest BCUT2D eigenvalue weighted by Gasteiger charge is 2.47. The highest BCUT2D eigenvalue weighted by atomic mass is 19.4. The summed E-state index contributed by atoms with van der Waals surface area (Å²) in [7, 11) is 0. The molecule has 52 heavy (non-hydrogen) atoms. The molecule has 3 aliphatic heterocycles. The molecule has 276 valence electrons. The molecule has 8 rings (SSSR count). The molecule has 9 nitrogen and oxygen atoms in total. The second kappa shape index (κ2) is 14.2. The molecule has 1 saturated carbocycles. The van der Waals surface area contributed by atoms with E-state index in [1.54, 1.807) is 0 Å². The summed E-state index contributed by atoms with van der Waals surface area (Å²) in [6.07, 6.45) is 4.20. The lowest BCUT2D eigenvalue weighted by Gasteiger charge is -2.39. The smallest absolute Gasteiger partial charge is 0.508 e. The number of rotatable bonds is 7. The van der Waals surface area contributed by atoms with E-state index >= 15 is 4.39 Å². The Bertz CT molecular complexity index is 2030. The number of alkyl halides is 3. The Morgan fingerprint density at radius 3 is 2.63 bits per heavy atom. The maximum Gasteiger partial charge on any atom is 0.522 e. The van der Waals surface area contributed by atoms with Crippen LogP contribution in [0.25, 0.3) is 32.9 Å². The van der Waals surface area contributed by atoms with Crippen LogP contribution in [0.5, 0.6) is 11.8 Å². The highest BCUT2D eigenvalue weighted by molar-refractivity contribution is 6.03. The zero-order valence-corrected chi connectivity index (χ0v) is 29.1. The minimum atomic E-state index is -4.67. The number of aromatic hydroxyl groups is 1. The molecule has 0 bridgehead atoms. The third-order valence-electron chi connectivity index (χ3n) is 10.4. The van der Waals surface area contributed by atoms with Crippen LogP contribution < -0.4 is 15.0 Å². The summed E-state index contributed by atoms with van der Waals surface area (Å²) in [5.74, 6) is 1.31. The normalized spacial score (nSPS) is 21.2. The minimum Gasteiger partial charge on any atom is -0.508 e. The van der Waals surface area contributed by atoms with Crippen LogP contribution in [0.4, 0.5) is 27.8 Å². The van der Waals surface area contributed by atoms with Crippen LogP contribution in [0.3, 0.4) is 0 Å². The maximum absolute atomic E-state index is 17.1. The first-order valence-electron chi connectivity index (χ1n) is 17.9. The largest absolute Gasteiger partial charge is 0.522 e. The summed E-state index contributed by atoms with van der Waals surface area (Å²) in [6.45, 7) is 7.48. The van der Waals surface area contributed by atoms with E-state index in [1.165, 1.54) is 24.3 Å². The standard InChI is InChI=1S/C36H35F5N6O3.C2H6/c1-2-24-26(37)7-6-20-14-22(48)15-25(28(20)24)31-30(38)32-29-27(43-31)5-3-4-21-16-42-11-13-47(21)33(29)45-34(44-32)49-19-35(9-10-35)18-46-12-8-23(17-46)50-36(39,40)41;1-2/h1,6-7,14-15,21,23,42,48H,3-5,8-13,16-19H2;1-2H3. The molecule has 2 atom stereocenters. The number of ether oxygens (including phenoxy) is 2. The molecule has 5 heterocycles. The third kappa shape index (κ3) is 7.06. The first kappa shape index (κ1) is 36.1. The first-order valence-corrected chi connectivity index (χ1v) is 17.9. The lowest BCUT2D eigenvalue weighted by atomic mass is 9.94. The Kier molecular flexibility index (Phi) is 9.88. The van der Waals surface area contributed by atoms with Gasteiger partial charge in [-0.3, -0.25) is 9.64 Å². The van der Waals surface area contributed by atoms with Crippen LogP contribution >= 0.6 is 0 Å². The molecule has 4 aliphatic rings. The quantitative estimate of drug-likeness (QED) is 0.159. The second-order valence-electron chi connectivity index (χ2n) is 13.9. The molecule has 2 aromatic heterocycles. The van der Waals surface area contributed by atoms with E-state index in [0.29, 0.717) is 61.3 Å². The number of terminal acetylenes is 1. The average molecular weight is 725 g/mol. The number of hydrogen-bond acceptors (Lipinski definition) is 9. The van der Waals surface area contributed by atoms with E-state index in [4.69, 9.17) is 21.1 Å². The number of aromatic nitrogens is 3. The zero-order valence-electron chi connectivity index (χ0n) is 29.1. The van der Waals surface area contributed by atoms with Crippen molar-refractivity contribution in [3.8, 4) is 35.4 Å². The van der Waals surface area contributed by atoms with Gasteiger partial charge in [-0.1, -0.05) is 25.8 Å². The number of benzene rings is 2. The monoisotopic (exact) mass is 724 g/mol. The van der Waals surface area contributed by atoms with Crippen molar-refractivity contribution < 1.29 is 36.5 Å². The summed E-state index contributed by atoms with van der Waals surface area (Å²) in [5, 5.41) is 15.2. The van der Waals surface area contributed by atoms with Gasteiger partial charge in [0.25, 0.3) is 0 Å². The van der Waals surface area contributed by atoms with Gasteiger partial charge in [-0.05, 0) is 62.1 Å². The number of likely N-dealkylation sites (tertiary alicyclic amines) is 1. The van der Waals surface area contributed by atoms with Crippen LogP contribution in [0.2, 0.25) is 0 Å². The second-order valence-corrected chi connectivity index (χ2v) is 13.9. The van der Waals surface area contributed by atoms with Crippen molar-refractivity contribution in [3.05, 3.63) is 47.2 Å². The molecular formula is C38H41F5N6O3. The van der Waals surface area contributed by atoms with Crippen LogP contribution in [0.15, 0.2) is 24.3 Å². The number of nitrogens with one attached hydrogen (secondary N) is 1. The zero-order chi connectivity index (χ0) is 36.8. The summed E-state index contributed by atoms with van der Waals surface area (Å²) in [6, 6.07) is 5.55. The minimum absolute atomic E-state index is 0.00383. The molecule has 4 aromatic rings. The Balaban J connectivity index is 0.00000207. The van der Waals surface area contributed by atoms with Gasteiger partial charge >= 0.3 is 12.4 Å². The van der Waals surface area contributed by atoms with Crippen LogP contribution in [0.1, 0.15) is 57.2 Å². The lowest BCUT2D eigenvalue weighted by Crippen LogP contribution is -2.52. The Hall–Kier alpha value is -4.32. The van der Waals surface area contributed by atoms with Crippen LogP contribution in [-0.4, -0.2) is 89.3 Å². The molecule has 2 N–H and O–H groups in total. The van der Waals surface area contributed by atoms with Crippen molar-refractivity contribution >= 4 is 27.5 Å². The van der Waals surface area contributed by atoms with Gasteiger partial charge < -0.3 is 20.1 Å². The van der Waals surface area contributed by atoms with E-state index in [-0.39, 0.29) is 64.1 Å². The molecule has 1 aliphatic carbocycles. The number of pyridine rings is 1. The van der Waals surface area contributed by atoms with Gasteiger partial charge in [0.05, 0.1) is 29.4 Å². The molecule has 3 fully saturated rings. The van der Waals surface area contributed by atoms with Crippen molar-refractivity contribution in [3.63, 3.8) is 0 Å². The van der Waals surface area contributed by atoms with E-state index in [2.05, 4.69) is 25.9 Å². The van der Waals surface area contributed by atoms with E-state index in [1.807, 2.05) is 18.7 Å². The van der Waals surface area contributed by atoms with Crippen molar-refractivity contribution in [1.82, 2.24) is 25.2 Å². The molecule has 2 saturated heterocycles. The fourth-order valence-corrected chi connectivity index (χ4v) is 7.84. The van der Waals surface area contributed by atoms with E-state index in [9.17, 15) is 22.7 Å². The molecule has 0 amide bonds. The Labute approximate surface area is 298 Å². The number of piperazine rings is 1. The molecule has 0 radical (unpaired) electrons. The summed E-state index contributed by atoms with van der Waals surface area (Å²) < 4.78 is 80.9. The fraction of sp³-hybridized carbons (Fsp3) is 0.500. The van der Waals surface area contributed by atoms with Gasteiger partial charge in [-0.2, -0.15) is 9.97 Å². The van der Waals surface area contributed by atoms with E-state index < -0.39 is 24.1 Å². The van der Waals surface area contributed by atoms with Crippen LogP contribution in [-0.2, 0) is 11.2 Å². The maximum atomic E-state index is 17.1. The van der Waals surface area contributed by atoms with Gasteiger partial charge in [0.1, 0.15) is 28.6 Å². The van der Waals surface area contributed by atoms with Crippen LogP contribution in [0, 0.1) is 29.4 Å². The predicted molar refractivity (Wildman–Crippen MR) is 187 cm³/mol. The number of anilines is 1. The summed E-state index contributed by atoms with van der Waals surface area (Å²) in [4.78, 5) is 18.4. The average Bonchev–Trinajstić information content (AvgIpc) is 3.75. The number of nitrogens with zero attached hydrogens (tertiary/aromatic N) is 5. The summed E-state index contributed by atoms with van der Waals surface area (Å²) >= 11 is 0. The lowest BCUT2D eigenvalue weighted by molar-refractivity contribution is -0.340. The molecule has 2 unspecified atom stereocenters. The van der Waals surface area contributed by atoms with Gasteiger partial charge in [0.15, 0.2) is 5.82 Å². The predicted octanol–water partition coefficient (Wildman–Crippen LogP) is 6.72. The topological polar surface area (TPSA) is 95.9 Å². The van der Waals surface area contributed by atoms with Gasteiger partial charge in [0, 0.05) is 61.7 Å². The SMILES string of the molecule is C#Cc1c(F)ccc2cc(O)cc(-c3nc4c5c(nc(OCC6(CN7CCC(OC(F)(F)F)C7)CC6)nc5c3F)N3CCNCC3CCC4)c12.CC. The Morgan fingerprint density at radius 2 is 1.88 bits per heavy atom. The van der Waals surface area contributed by atoms with Crippen molar-refractivity contribution in [2.45, 2.75) is 70.9 Å². The Morgan fingerprint density at radius 1 is 1.08 bits per heavy atom. The van der Waals surface area contributed by atoms with Gasteiger partial charge in [-0.25, -0.2) is 13.8 Å². The van der Waals surface area contributed by atoms with Crippen molar-refractivity contribution in [1.29, 1.82) is 0 Å². The number of halogens is 5. The number of hydrogen-bond donors (Lipinski definition) is 2. The van der Waals surface area contributed by atoms with E-state index in [0.717, 1.165) is 32.2 Å². The van der Waals surface area contributed by atoms with Gasteiger partial charge in [0.2, 0.25) is 0 Å². The number of phenolic OH excluding ortho intramolecular Hbond substituents is 1. The van der Waals surface area contributed by atoms with Gasteiger partial charge in [-0.15, -0.1) is 19.6 Å². The first-order chi connectivity index (χ1) is 25.0. The number of aryl methyl sites for hydroxylation is 1. The highest BCUT2D eigenvalue weighted by Crippen LogP contribution is 2.48. The number of phenols is 1. The van der Waals surface area contributed by atoms with Crippen molar-refractivity contribution in [2.24, 2.45) is 5.41 Å². The molecule has 2 aromatic carbocycles. The molecular weight excluding hydrogens is 683 g/mol. The summed E-state index contributed by atoms with van der Waals surface area (Å²) in [5.41, 5.74) is 0.235. The fourth-order valence-electron chi connectivity index (χ4n) is 7.84.